The van der Waals surface area contributed by atoms with Crippen molar-refractivity contribution >= 4 is 10.9 Å². The molecule has 0 N–H and O–H groups in total. The highest BCUT2D eigenvalue weighted by Crippen LogP contribution is 2.26. The Kier molecular flexibility index (Phi) is 2.40. The first-order valence-electron chi connectivity index (χ1n) is 5.75. The van der Waals surface area contributed by atoms with Crippen molar-refractivity contribution in [1.82, 2.24) is 14.8 Å². The zero-order valence-electron chi connectivity index (χ0n) is 9.63. The summed E-state index contributed by atoms with van der Waals surface area (Å²) in [5, 5.41) is 8.93. The Balaban J connectivity index is 2.26. The van der Waals surface area contributed by atoms with Gasteiger partial charge in [0.15, 0.2) is 0 Å². The lowest BCUT2D eigenvalue weighted by atomic mass is 10.2. The van der Waals surface area contributed by atoms with E-state index in [0.717, 1.165) is 18.7 Å². The van der Waals surface area contributed by atoms with Gasteiger partial charge in [0, 0.05) is 17.4 Å². The van der Waals surface area contributed by atoms with E-state index in [0.29, 0.717) is 5.89 Å². The molecule has 0 aliphatic heterocycles. The molecule has 0 aliphatic carbocycles. The molecule has 0 aliphatic rings. The van der Waals surface area contributed by atoms with Crippen LogP contribution in [0.3, 0.4) is 0 Å². The van der Waals surface area contributed by atoms with Crippen LogP contribution in [-0.4, -0.2) is 14.8 Å². The summed E-state index contributed by atoms with van der Waals surface area (Å²) < 4.78 is 7.52. The Labute approximate surface area is 98.9 Å². The Hall–Kier alpha value is -2.10. The Morgan fingerprint density at radius 3 is 2.94 bits per heavy atom. The molecule has 0 amide bonds. The smallest absolute Gasteiger partial charge is 0.264 e. The second-order valence-electron chi connectivity index (χ2n) is 3.98. The topological polar surface area (TPSA) is 43.9 Å². The lowest BCUT2D eigenvalue weighted by molar-refractivity contribution is 0.559. The molecule has 0 saturated carbocycles. The zero-order valence-corrected chi connectivity index (χ0v) is 9.63. The summed E-state index contributed by atoms with van der Waals surface area (Å²) in [5.41, 5.74) is 2.20. The van der Waals surface area contributed by atoms with E-state index in [4.69, 9.17) is 4.42 Å². The van der Waals surface area contributed by atoms with Crippen molar-refractivity contribution in [3.05, 3.63) is 36.7 Å². The van der Waals surface area contributed by atoms with Crippen LogP contribution in [0, 0.1) is 0 Å². The number of nitrogens with zero attached hydrogens (tertiary/aromatic N) is 3. The van der Waals surface area contributed by atoms with Crippen LogP contribution >= 0.6 is 0 Å². The second kappa shape index (κ2) is 4.05. The summed E-state index contributed by atoms with van der Waals surface area (Å²) in [6.45, 7) is 3.11. The molecule has 2 aromatic heterocycles. The predicted molar refractivity (Wildman–Crippen MR) is 65.5 cm³/mol. The average molecular weight is 227 g/mol. The molecule has 3 rings (SSSR count). The maximum Gasteiger partial charge on any atom is 0.264 e. The van der Waals surface area contributed by atoms with Crippen LogP contribution in [0.4, 0.5) is 0 Å². The van der Waals surface area contributed by atoms with Gasteiger partial charge in [0.1, 0.15) is 5.69 Å². The SMILES string of the molecule is CCCn1c(-c2nnco2)cc2ccccc21. The van der Waals surface area contributed by atoms with Gasteiger partial charge in [-0.3, -0.25) is 0 Å². The van der Waals surface area contributed by atoms with Gasteiger partial charge in [0.05, 0.1) is 0 Å². The van der Waals surface area contributed by atoms with Gasteiger partial charge in [-0.2, -0.15) is 0 Å². The lowest BCUT2D eigenvalue weighted by Gasteiger charge is -2.06. The van der Waals surface area contributed by atoms with Crippen LogP contribution in [0.25, 0.3) is 22.5 Å². The fraction of sp³-hybridized carbons (Fsp3) is 0.231. The average Bonchev–Trinajstić information content (AvgIpc) is 2.97. The highest BCUT2D eigenvalue weighted by Gasteiger charge is 2.13. The lowest BCUT2D eigenvalue weighted by Crippen LogP contribution is -1.98. The van der Waals surface area contributed by atoms with Crippen LogP contribution in [0.5, 0.6) is 0 Å². The molecule has 86 valence electrons. The third kappa shape index (κ3) is 1.62. The Morgan fingerprint density at radius 2 is 2.18 bits per heavy atom. The van der Waals surface area contributed by atoms with Crippen LogP contribution < -0.4 is 0 Å². The van der Waals surface area contributed by atoms with E-state index in [1.165, 1.54) is 17.3 Å². The predicted octanol–water partition coefficient (Wildman–Crippen LogP) is 3.10. The largest absolute Gasteiger partial charge is 0.422 e. The van der Waals surface area contributed by atoms with Crippen molar-refractivity contribution in [3.8, 4) is 11.6 Å². The number of aryl methyl sites for hydroxylation is 1. The molecule has 2 heterocycles. The van der Waals surface area contributed by atoms with E-state index >= 15 is 0 Å². The fourth-order valence-electron chi connectivity index (χ4n) is 2.14. The molecule has 0 bridgehead atoms. The first kappa shape index (κ1) is 10.1. The number of rotatable bonds is 3. The number of benzene rings is 1. The molecule has 0 spiro atoms. The van der Waals surface area contributed by atoms with E-state index in [1.54, 1.807) is 0 Å². The summed E-state index contributed by atoms with van der Waals surface area (Å²) in [6, 6.07) is 10.4. The van der Waals surface area contributed by atoms with Crippen molar-refractivity contribution in [2.24, 2.45) is 0 Å². The number of hydrogen-bond donors (Lipinski definition) is 0. The molecule has 0 saturated heterocycles. The molecule has 0 fully saturated rings. The van der Waals surface area contributed by atoms with Crippen molar-refractivity contribution in [1.29, 1.82) is 0 Å². The molecule has 17 heavy (non-hydrogen) atoms. The van der Waals surface area contributed by atoms with E-state index in [2.05, 4.69) is 39.9 Å². The van der Waals surface area contributed by atoms with Gasteiger partial charge in [0.25, 0.3) is 5.89 Å². The van der Waals surface area contributed by atoms with Crippen LogP contribution in [0.15, 0.2) is 41.1 Å². The summed E-state index contributed by atoms with van der Waals surface area (Å²) in [7, 11) is 0. The van der Waals surface area contributed by atoms with E-state index in [9.17, 15) is 0 Å². The van der Waals surface area contributed by atoms with Crippen molar-refractivity contribution in [3.63, 3.8) is 0 Å². The minimum Gasteiger partial charge on any atom is -0.422 e. The third-order valence-electron chi connectivity index (χ3n) is 2.84. The quantitative estimate of drug-likeness (QED) is 0.690. The first-order valence-corrected chi connectivity index (χ1v) is 5.75. The Bertz CT molecular complexity index is 625. The van der Waals surface area contributed by atoms with Crippen molar-refractivity contribution < 1.29 is 4.42 Å². The number of aromatic nitrogens is 3. The van der Waals surface area contributed by atoms with Gasteiger partial charge in [0.2, 0.25) is 6.39 Å². The van der Waals surface area contributed by atoms with E-state index < -0.39 is 0 Å². The fourth-order valence-corrected chi connectivity index (χ4v) is 2.14. The van der Waals surface area contributed by atoms with E-state index in [-0.39, 0.29) is 0 Å². The molecule has 0 atom stereocenters. The first-order chi connectivity index (χ1) is 8.40. The molecule has 1 aromatic carbocycles. The molecule has 0 radical (unpaired) electrons. The molecule has 0 unspecified atom stereocenters. The molecule has 4 nitrogen and oxygen atoms in total. The zero-order chi connectivity index (χ0) is 11.7. The highest BCUT2D eigenvalue weighted by atomic mass is 16.4. The third-order valence-corrected chi connectivity index (χ3v) is 2.84. The van der Waals surface area contributed by atoms with Gasteiger partial charge >= 0.3 is 0 Å². The van der Waals surface area contributed by atoms with Gasteiger partial charge < -0.3 is 8.98 Å². The van der Waals surface area contributed by atoms with E-state index in [1.807, 2.05) is 12.1 Å². The van der Waals surface area contributed by atoms with Crippen molar-refractivity contribution in [2.45, 2.75) is 19.9 Å². The molecule has 4 heteroatoms. The molecular weight excluding hydrogens is 214 g/mol. The minimum absolute atomic E-state index is 0.578. The monoisotopic (exact) mass is 227 g/mol. The van der Waals surface area contributed by atoms with Crippen molar-refractivity contribution in [2.75, 3.05) is 0 Å². The van der Waals surface area contributed by atoms with Crippen LogP contribution in [-0.2, 0) is 6.54 Å². The summed E-state index contributed by atoms with van der Waals surface area (Å²) >= 11 is 0. The van der Waals surface area contributed by atoms with Crippen LogP contribution in [0.2, 0.25) is 0 Å². The molecular formula is C13H13N3O. The summed E-state index contributed by atoms with van der Waals surface area (Å²) in [6.07, 6.45) is 2.43. The van der Waals surface area contributed by atoms with Crippen LogP contribution in [0.1, 0.15) is 13.3 Å². The highest BCUT2D eigenvalue weighted by molar-refractivity contribution is 5.85. The minimum atomic E-state index is 0.578. The maximum atomic E-state index is 5.29. The maximum absolute atomic E-state index is 5.29. The number of hydrogen-bond acceptors (Lipinski definition) is 3. The van der Waals surface area contributed by atoms with Gasteiger partial charge in [-0.25, -0.2) is 0 Å². The van der Waals surface area contributed by atoms with Gasteiger partial charge in [-0.05, 0) is 18.6 Å². The second-order valence-corrected chi connectivity index (χ2v) is 3.98. The number of para-hydroxylation sites is 1. The van der Waals surface area contributed by atoms with Gasteiger partial charge in [-0.15, -0.1) is 10.2 Å². The summed E-state index contributed by atoms with van der Waals surface area (Å²) in [4.78, 5) is 0. The normalized spacial score (nSPS) is 11.1. The Morgan fingerprint density at radius 1 is 1.29 bits per heavy atom. The van der Waals surface area contributed by atoms with Gasteiger partial charge in [-0.1, -0.05) is 25.1 Å². The molecule has 3 aromatic rings. The summed E-state index contributed by atoms with van der Waals surface area (Å²) in [5.74, 6) is 0.578. The standard InChI is InChI=1S/C13H13N3O/c1-2-7-16-11-6-4-3-5-10(11)8-12(16)13-15-14-9-17-13/h3-6,8-9H,2,7H2,1H3. The number of fused-ring (bicyclic) bond motifs is 1.